The van der Waals surface area contributed by atoms with Gasteiger partial charge in [-0.25, -0.2) is 9.78 Å². The number of carboxylic acids is 1. The van der Waals surface area contributed by atoms with E-state index >= 15 is 0 Å². The molecule has 1 aromatic carbocycles. The quantitative estimate of drug-likeness (QED) is 0.756. The van der Waals surface area contributed by atoms with Crippen molar-refractivity contribution in [1.29, 1.82) is 0 Å². The van der Waals surface area contributed by atoms with Crippen molar-refractivity contribution in [3.8, 4) is 5.69 Å². The van der Waals surface area contributed by atoms with Gasteiger partial charge in [0, 0.05) is 24.6 Å². The first-order chi connectivity index (χ1) is 10.6. The van der Waals surface area contributed by atoms with Crippen LogP contribution >= 0.6 is 0 Å². The van der Waals surface area contributed by atoms with E-state index in [-0.39, 0.29) is 25.0 Å². The van der Waals surface area contributed by atoms with Crippen molar-refractivity contribution in [2.75, 3.05) is 6.54 Å². The highest BCUT2D eigenvalue weighted by Gasteiger charge is 2.10. The molecule has 7 heteroatoms. The summed E-state index contributed by atoms with van der Waals surface area (Å²) in [5, 5.41) is 13.8. The molecule has 2 amide bonds. The monoisotopic (exact) mass is 302 g/mol. The van der Waals surface area contributed by atoms with Gasteiger partial charge in [-0.3, -0.25) is 4.79 Å². The number of nitrogens with zero attached hydrogens (tertiary/aromatic N) is 2. The predicted molar refractivity (Wildman–Crippen MR) is 80.8 cm³/mol. The zero-order chi connectivity index (χ0) is 15.9. The zero-order valence-electron chi connectivity index (χ0n) is 12.2. The van der Waals surface area contributed by atoms with Crippen molar-refractivity contribution in [2.45, 2.75) is 19.4 Å². The van der Waals surface area contributed by atoms with Gasteiger partial charge in [0.2, 0.25) is 0 Å². The van der Waals surface area contributed by atoms with Crippen LogP contribution in [-0.2, 0) is 4.79 Å². The Morgan fingerprint density at radius 3 is 2.91 bits per heavy atom. The third-order valence-corrected chi connectivity index (χ3v) is 3.14. The summed E-state index contributed by atoms with van der Waals surface area (Å²) in [6, 6.07) is 7.15. The lowest BCUT2D eigenvalue weighted by Gasteiger charge is -2.16. The third kappa shape index (κ3) is 4.34. The predicted octanol–water partition coefficient (Wildman–Crippen LogP) is 1.71. The summed E-state index contributed by atoms with van der Waals surface area (Å²) in [5.41, 5.74) is 1.90. The van der Waals surface area contributed by atoms with E-state index < -0.39 is 5.97 Å². The number of carbonyl (C=O) groups excluding carboxylic acids is 1. The lowest BCUT2D eigenvalue weighted by Crippen LogP contribution is -2.38. The number of benzene rings is 1. The molecule has 0 radical (unpaired) electrons. The molecule has 2 rings (SSSR count). The molecule has 1 heterocycles. The van der Waals surface area contributed by atoms with Crippen molar-refractivity contribution in [3.63, 3.8) is 0 Å². The second kappa shape index (κ2) is 7.26. The molecule has 3 N–H and O–H groups in total. The van der Waals surface area contributed by atoms with Gasteiger partial charge in [-0.05, 0) is 24.6 Å². The Morgan fingerprint density at radius 1 is 1.41 bits per heavy atom. The van der Waals surface area contributed by atoms with Gasteiger partial charge in [0.25, 0.3) is 0 Å². The van der Waals surface area contributed by atoms with Crippen molar-refractivity contribution >= 4 is 12.0 Å². The van der Waals surface area contributed by atoms with Gasteiger partial charge >= 0.3 is 12.0 Å². The summed E-state index contributed by atoms with van der Waals surface area (Å²) in [4.78, 5) is 26.1. The average molecular weight is 302 g/mol. The Labute approximate surface area is 128 Å². The smallest absolute Gasteiger partial charge is 0.315 e. The Bertz CT molecular complexity index is 640. The minimum atomic E-state index is -0.943. The molecule has 116 valence electrons. The summed E-state index contributed by atoms with van der Waals surface area (Å²) >= 11 is 0. The number of hydrogen-bond donors (Lipinski definition) is 3. The number of rotatable bonds is 6. The molecule has 0 aliphatic carbocycles. The first kappa shape index (κ1) is 15.6. The third-order valence-electron chi connectivity index (χ3n) is 3.14. The van der Waals surface area contributed by atoms with Gasteiger partial charge in [0.1, 0.15) is 0 Å². The number of hydrogen-bond acceptors (Lipinski definition) is 3. The molecule has 1 atom stereocenters. The fourth-order valence-corrected chi connectivity index (χ4v) is 1.98. The number of imidazole rings is 1. The van der Waals surface area contributed by atoms with Crippen molar-refractivity contribution < 1.29 is 14.7 Å². The lowest BCUT2D eigenvalue weighted by atomic mass is 10.1. The van der Waals surface area contributed by atoms with Gasteiger partial charge in [0.15, 0.2) is 0 Å². The molecule has 0 fully saturated rings. The van der Waals surface area contributed by atoms with E-state index in [1.54, 1.807) is 12.5 Å². The fraction of sp³-hybridized carbons (Fsp3) is 0.267. The van der Waals surface area contributed by atoms with Crippen LogP contribution in [0.4, 0.5) is 4.79 Å². The number of amides is 2. The standard InChI is InChI=1S/C15H18N4O3/c1-11(18-15(22)17-6-5-14(20)21)12-3-2-4-13(9-12)19-8-7-16-10-19/h2-4,7-11H,5-6H2,1H3,(H,20,21)(H2,17,18,22). The first-order valence-corrected chi connectivity index (χ1v) is 6.90. The van der Waals surface area contributed by atoms with Crippen LogP contribution < -0.4 is 10.6 Å². The summed E-state index contributed by atoms with van der Waals surface area (Å²) in [7, 11) is 0. The second-order valence-electron chi connectivity index (χ2n) is 4.83. The maximum absolute atomic E-state index is 11.7. The maximum atomic E-state index is 11.7. The van der Waals surface area contributed by atoms with E-state index in [4.69, 9.17) is 5.11 Å². The van der Waals surface area contributed by atoms with Crippen LogP contribution in [0.25, 0.3) is 5.69 Å². The Kier molecular flexibility index (Phi) is 5.13. The van der Waals surface area contributed by atoms with Gasteiger partial charge in [-0.15, -0.1) is 0 Å². The van der Waals surface area contributed by atoms with Crippen LogP contribution in [-0.4, -0.2) is 33.2 Å². The van der Waals surface area contributed by atoms with Gasteiger partial charge in [-0.1, -0.05) is 12.1 Å². The number of urea groups is 1. The minimum Gasteiger partial charge on any atom is -0.481 e. The molecule has 0 aliphatic rings. The number of carboxylic acid groups (broad SMARTS) is 1. The molecule has 1 aromatic heterocycles. The van der Waals surface area contributed by atoms with Crippen LogP contribution in [0.2, 0.25) is 0 Å². The highest BCUT2D eigenvalue weighted by atomic mass is 16.4. The van der Waals surface area contributed by atoms with Crippen molar-refractivity contribution in [1.82, 2.24) is 20.2 Å². The summed E-state index contributed by atoms with van der Waals surface area (Å²) in [5.74, 6) is -0.943. The van der Waals surface area contributed by atoms with Crippen LogP contribution in [0.15, 0.2) is 43.0 Å². The molecule has 0 spiro atoms. The molecular weight excluding hydrogens is 284 g/mol. The van der Waals surface area contributed by atoms with Gasteiger partial charge in [-0.2, -0.15) is 0 Å². The highest BCUT2D eigenvalue weighted by Crippen LogP contribution is 2.16. The molecule has 1 unspecified atom stereocenters. The summed E-state index contributed by atoms with van der Waals surface area (Å²) in [6.45, 7) is 1.97. The molecular formula is C15H18N4O3. The van der Waals surface area contributed by atoms with Crippen molar-refractivity contribution in [2.24, 2.45) is 0 Å². The van der Waals surface area contributed by atoms with E-state index in [1.165, 1.54) is 0 Å². The SMILES string of the molecule is CC(NC(=O)NCCC(=O)O)c1cccc(-n2ccnc2)c1. The number of aromatic nitrogens is 2. The van der Waals surface area contributed by atoms with E-state index in [9.17, 15) is 9.59 Å². The zero-order valence-corrected chi connectivity index (χ0v) is 12.2. The highest BCUT2D eigenvalue weighted by molar-refractivity contribution is 5.75. The maximum Gasteiger partial charge on any atom is 0.315 e. The van der Waals surface area contributed by atoms with Gasteiger partial charge in [0.05, 0.1) is 18.8 Å². The topological polar surface area (TPSA) is 96.3 Å². The Morgan fingerprint density at radius 2 is 2.23 bits per heavy atom. The van der Waals surface area contributed by atoms with E-state index in [0.717, 1.165) is 11.3 Å². The van der Waals surface area contributed by atoms with Crippen LogP contribution in [0.1, 0.15) is 24.9 Å². The van der Waals surface area contributed by atoms with E-state index in [2.05, 4.69) is 15.6 Å². The van der Waals surface area contributed by atoms with E-state index in [0.29, 0.717) is 0 Å². The molecule has 2 aromatic rings. The lowest BCUT2D eigenvalue weighted by molar-refractivity contribution is -0.136. The van der Waals surface area contributed by atoms with Gasteiger partial charge < -0.3 is 20.3 Å². The van der Waals surface area contributed by atoms with Crippen molar-refractivity contribution in [3.05, 3.63) is 48.5 Å². The Balaban J connectivity index is 1.95. The molecule has 0 aliphatic heterocycles. The van der Waals surface area contributed by atoms with E-state index in [1.807, 2.05) is 42.0 Å². The molecule has 0 saturated heterocycles. The normalized spacial score (nSPS) is 11.7. The number of nitrogens with one attached hydrogen (secondary N) is 2. The largest absolute Gasteiger partial charge is 0.481 e. The molecule has 0 bridgehead atoms. The number of carbonyl (C=O) groups is 2. The van der Waals surface area contributed by atoms with Crippen LogP contribution in [0.3, 0.4) is 0 Å². The summed E-state index contributed by atoms with van der Waals surface area (Å²) in [6.07, 6.45) is 5.15. The second-order valence-corrected chi connectivity index (χ2v) is 4.83. The van der Waals surface area contributed by atoms with Crippen LogP contribution in [0, 0.1) is 0 Å². The number of aliphatic carboxylic acids is 1. The summed E-state index contributed by atoms with van der Waals surface area (Å²) < 4.78 is 1.88. The average Bonchev–Trinajstić information content (AvgIpc) is 3.01. The molecule has 7 nitrogen and oxygen atoms in total. The first-order valence-electron chi connectivity index (χ1n) is 6.90. The Hall–Kier alpha value is -2.83. The minimum absolute atomic E-state index is 0.0993. The fourth-order valence-electron chi connectivity index (χ4n) is 1.98. The van der Waals surface area contributed by atoms with Crippen LogP contribution in [0.5, 0.6) is 0 Å². The molecule has 0 saturated carbocycles. The molecule has 22 heavy (non-hydrogen) atoms.